The van der Waals surface area contributed by atoms with Gasteiger partial charge in [0.2, 0.25) is 0 Å². The molecule has 2 aliphatic heterocycles. The van der Waals surface area contributed by atoms with Gasteiger partial charge in [-0.05, 0) is 44.0 Å². The lowest BCUT2D eigenvalue weighted by Gasteiger charge is -2.29. The third kappa shape index (κ3) is 3.86. The fourth-order valence-corrected chi connectivity index (χ4v) is 5.10. The molecular weight excluding hydrogens is 366 g/mol. The molecule has 3 unspecified atom stereocenters. The van der Waals surface area contributed by atoms with Crippen LogP contribution in [0, 0.1) is 5.92 Å². The van der Waals surface area contributed by atoms with Crippen molar-refractivity contribution in [2.24, 2.45) is 13.0 Å². The van der Waals surface area contributed by atoms with Gasteiger partial charge in [-0.25, -0.2) is 0 Å². The third-order valence-electron chi connectivity index (χ3n) is 6.46. The molecule has 0 spiro atoms. The highest BCUT2D eigenvalue weighted by Crippen LogP contribution is 2.35. The lowest BCUT2D eigenvalue weighted by molar-refractivity contribution is 0.171. The van der Waals surface area contributed by atoms with Crippen molar-refractivity contribution in [3.63, 3.8) is 0 Å². The van der Waals surface area contributed by atoms with Crippen LogP contribution in [0.5, 0.6) is 11.5 Å². The summed E-state index contributed by atoms with van der Waals surface area (Å²) in [6, 6.07) is 7.28. The second-order valence-electron chi connectivity index (χ2n) is 8.68. The fraction of sp³-hybridized carbons (Fsp3) is 0.591. The van der Waals surface area contributed by atoms with Gasteiger partial charge in [0.05, 0.1) is 5.69 Å². The molecule has 2 aromatic rings. The summed E-state index contributed by atoms with van der Waals surface area (Å²) in [5.41, 5.74) is 10.4. The van der Waals surface area contributed by atoms with E-state index >= 15 is 0 Å². The van der Waals surface area contributed by atoms with Crippen LogP contribution in [0.25, 0.3) is 11.3 Å². The van der Waals surface area contributed by atoms with Crippen molar-refractivity contribution in [2.45, 2.75) is 44.3 Å². The molecule has 2 N–H and O–H groups in total. The van der Waals surface area contributed by atoms with E-state index in [1.807, 2.05) is 17.8 Å². The first-order chi connectivity index (χ1) is 14.2. The lowest BCUT2D eigenvalue weighted by atomic mass is 9.81. The average molecular weight is 398 g/mol. The summed E-state index contributed by atoms with van der Waals surface area (Å²) in [6.07, 6.45) is 7.48. The van der Waals surface area contributed by atoms with Gasteiger partial charge in [0, 0.05) is 49.5 Å². The molecule has 1 saturated heterocycles. The van der Waals surface area contributed by atoms with Gasteiger partial charge in [-0.3, -0.25) is 15.5 Å². The Kier molecular flexibility index (Phi) is 5.20. The summed E-state index contributed by atoms with van der Waals surface area (Å²) in [7, 11) is 4.19. The number of nitrogens with zero attached hydrogens (tertiary/aromatic N) is 3. The first-order valence-corrected chi connectivity index (χ1v) is 10.8. The van der Waals surface area contributed by atoms with E-state index in [-0.39, 0.29) is 0 Å². The molecule has 5 rings (SSSR count). The van der Waals surface area contributed by atoms with E-state index in [0.717, 1.165) is 41.8 Å². The average Bonchev–Trinajstić information content (AvgIpc) is 3.31. The number of hydrogen-bond acceptors (Lipinski definition) is 6. The molecule has 2 fully saturated rings. The van der Waals surface area contributed by atoms with Gasteiger partial charge >= 0.3 is 0 Å². The molecule has 156 valence electrons. The monoisotopic (exact) mass is 397 g/mol. The smallest absolute Gasteiger partial charge is 0.162 e. The van der Waals surface area contributed by atoms with Crippen LogP contribution < -0.4 is 20.3 Å². The van der Waals surface area contributed by atoms with Crippen molar-refractivity contribution in [1.82, 2.24) is 25.5 Å². The molecule has 0 amide bonds. The minimum Gasteiger partial charge on any atom is -0.486 e. The number of fused-ring (bicyclic) bond motifs is 2. The van der Waals surface area contributed by atoms with E-state index in [0.29, 0.717) is 25.3 Å². The number of benzene rings is 1. The Balaban J connectivity index is 1.31. The Labute approximate surface area is 172 Å². The largest absolute Gasteiger partial charge is 0.486 e. The molecule has 7 nitrogen and oxygen atoms in total. The predicted molar refractivity (Wildman–Crippen MR) is 112 cm³/mol. The minimum absolute atomic E-state index is 0.514. The van der Waals surface area contributed by atoms with E-state index in [9.17, 15) is 0 Å². The fourth-order valence-electron chi connectivity index (χ4n) is 5.10. The second-order valence-corrected chi connectivity index (χ2v) is 8.68. The van der Waals surface area contributed by atoms with Crippen molar-refractivity contribution < 1.29 is 9.47 Å². The van der Waals surface area contributed by atoms with E-state index in [1.165, 1.54) is 31.2 Å². The molecule has 3 atom stereocenters. The van der Waals surface area contributed by atoms with E-state index in [4.69, 9.17) is 14.6 Å². The maximum absolute atomic E-state index is 5.77. The predicted octanol–water partition coefficient (Wildman–Crippen LogP) is 2.33. The molecule has 3 heterocycles. The number of aryl methyl sites for hydroxylation is 1. The Hall–Kier alpha value is -2.09. The zero-order chi connectivity index (χ0) is 19.8. The highest BCUT2D eigenvalue weighted by Gasteiger charge is 2.37. The molecule has 0 radical (unpaired) electrons. The van der Waals surface area contributed by atoms with Crippen molar-refractivity contribution >= 4 is 0 Å². The normalized spacial score (nSPS) is 26.0. The zero-order valence-corrected chi connectivity index (χ0v) is 17.4. The van der Waals surface area contributed by atoms with Crippen LogP contribution in [0.2, 0.25) is 0 Å². The maximum atomic E-state index is 5.77. The molecule has 1 aliphatic carbocycles. The van der Waals surface area contributed by atoms with E-state index in [2.05, 4.69) is 41.1 Å². The van der Waals surface area contributed by atoms with Gasteiger partial charge in [0.15, 0.2) is 11.5 Å². The van der Waals surface area contributed by atoms with Crippen LogP contribution in [-0.2, 0) is 13.6 Å². The zero-order valence-electron chi connectivity index (χ0n) is 17.4. The summed E-state index contributed by atoms with van der Waals surface area (Å²) in [4.78, 5) is 2.41. The maximum Gasteiger partial charge on any atom is 0.162 e. The molecule has 3 aliphatic rings. The van der Waals surface area contributed by atoms with Gasteiger partial charge in [-0.15, -0.1) is 0 Å². The highest BCUT2D eigenvalue weighted by atomic mass is 16.6. The van der Waals surface area contributed by atoms with Gasteiger partial charge in [0.25, 0.3) is 0 Å². The Morgan fingerprint density at radius 1 is 1.14 bits per heavy atom. The van der Waals surface area contributed by atoms with Crippen LogP contribution in [0.15, 0.2) is 24.4 Å². The number of aromatic nitrogens is 2. The van der Waals surface area contributed by atoms with Gasteiger partial charge in [0.1, 0.15) is 13.2 Å². The summed E-state index contributed by atoms with van der Waals surface area (Å²) >= 11 is 0. The van der Waals surface area contributed by atoms with Gasteiger partial charge in [-0.2, -0.15) is 5.10 Å². The SMILES string of the molecule is CN(Cc1cn(C)nc1-c1ccc2c(c1)OCCO2)CC1NNC2CCCCC21. The summed E-state index contributed by atoms with van der Waals surface area (Å²) in [5.74, 6) is 2.37. The highest BCUT2D eigenvalue weighted by molar-refractivity contribution is 5.66. The van der Waals surface area contributed by atoms with Crippen molar-refractivity contribution in [3.05, 3.63) is 30.0 Å². The van der Waals surface area contributed by atoms with Crippen LogP contribution in [0.4, 0.5) is 0 Å². The first-order valence-electron chi connectivity index (χ1n) is 10.8. The molecule has 29 heavy (non-hydrogen) atoms. The van der Waals surface area contributed by atoms with Gasteiger partial charge < -0.3 is 14.4 Å². The lowest BCUT2D eigenvalue weighted by Crippen LogP contribution is -2.41. The van der Waals surface area contributed by atoms with Crippen LogP contribution in [-0.4, -0.2) is 53.6 Å². The van der Waals surface area contributed by atoms with E-state index in [1.54, 1.807) is 0 Å². The number of likely N-dealkylation sites (N-methyl/N-ethyl adjacent to an activating group) is 1. The standard InChI is InChI=1S/C22H31N5O2/c1-26(14-19-17-5-3-4-6-18(17)23-24-19)12-16-13-27(2)25-22(16)15-7-8-20-21(11-15)29-10-9-28-20/h7-8,11,13,17-19,23-24H,3-6,9-10,12,14H2,1-2H3. The molecule has 1 aromatic carbocycles. The molecule has 1 saturated carbocycles. The van der Waals surface area contributed by atoms with Crippen molar-refractivity contribution in [3.8, 4) is 22.8 Å². The number of rotatable bonds is 5. The number of ether oxygens (including phenoxy) is 2. The van der Waals surface area contributed by atoms with Crippen LogP contribution in [0.1, 0.15) is 31.2 Å². The Morgan fingerprint density at radius 3 is 2.86 bits per heavy atom. The quantitative estimate of drug-likeness (QED) is 0.807. The second kappa shape index (κ2) is 7.97. The van der Waals surface area contributed by atoms with E-state index < -0.39 is 0 Å². The molecular formula is C22H31N5O2. The molecule has 7 heteroatoms. The minimum atomic E-state index is 0.514. The third-order valence-corrected chi connectivity index (χ3v) is 6.46. The number of hydrazine groups is 1. The number of hydrogen-bond donors (Lipinski definition) is 2. The molecule has 0 bridgehead atoms. The number of nitrogens with one attached hydrogen (secondary N) is 2. The van der Waals surface area contributed by atoms with Crippen LogP contribution in [0.3, 0.4) is 0 Å². The molecule has 1 aromatic heterocycles. The van der Waals surface area contributed by atoms with Crippen molar-refractivity contribution in [1.29, 1.82) is 0 Å². The topological polar surface area (TPSA) is 63.6 Å². The summed E-state index contributed by atoms with van der Waals surface area (Å²) in [5, 5.41) is 4.75. The Bertz CT molecular complexity index is 867. The van der Waals surface area contributed by atoms with Crippen LogP contribution >= 0.6 is 0 Å². The Morgan fingerprint density at radius 2 is 1.97 bits per heavy atom. The first kappa shape index (κ1) is 18.9. The summed E-state index contributed by atoms with van der Waals surface area (Å²) in [6.45, 7) is 3.10. The van der Waals surface area contributed by atoms with Crippen molar-refractivity contribution in [2.75, 3.05) is 26.8 Å². The summed E-state index contributed by atoms with van der Waals surface area (Å²) < 4.78 is 13.3. The van der Waals surface area contributed by atoms with Gasteiger partial charge in [-0.1, -0.05) is 12.8 Å².